The summed E-state index contributed by atoms with van der Waals surface area (Å²) in [6, 6.07) is 6.95. The maximum absolute atomic E-state index is 5.94. The Hall–Kier alpha value is -1.66. The Labute approximate surface area is 114 Å². The number of aliphatic imine (C=N–C) groups is 1. The molecule has 0 fully saturated rings. The van der Waals surface area contributed by atoms with Gasteiger partial charge in [0.25, 0.3) is 0 Å². The minimum Gasteiger partial charge on any atom is -0.370 e. The van der Waals surface area contributed by atoms with E-state index in [1.165, 1.54) is 0 Å². The van der Waals surface area contributed by atoms with Gasteiger partial charge in [0.2, 0.25) is 0 Å². The van der Waals surface area contributed by atoms with Crippen LogP contribution in [0.2, 0.25) is 5.02 Å². The average Bonchev–Trinajstić information content (AvgIpc) is 2.38. The molecule has 0 heterocycles. The van der Waals surface area contributed by atoms with Crippen LogP contribution in [0.15, 0.2) is 29.3 Å². The molecule has 0 radical (unpaired) electrons. The molecule has 1 aromatic rings. The van der Waals surface area contributed by atoms with E-state index in [4.69, 9.17) is 23.8 Å². The third kappa shape index (κ3) is 3.68. The molecule has 3 nitrogen and oxygen atoms in total. The van der Waals surface area contributed by atoms with Crippen molar-refractivity contribution in [2.75, 3.05) is 13.1 Å². The van der Waals surface area contributed by atoms with Crippen LogP contribution in [0.1, 0.15) is 25.5 Å². The van der Waals surface area contributed by atoms with Crippen molar-refractivity contribution in [3.05, 3.63) is 34.9 Å². The zero-order chi connectivity index (χ0) is 13.5. The van der Waals surface area contributed by atoms with E-state index in [1.54, 1.807) is 12.1 Å². The first-order valence-electron chi connectivity index (χ1n) is 5.92. The number of terminal acetylenes is 1. The number of rotatable bonds is 4. The molecular formula is C14H18ClN3. The van der Waals surface area contributed by atoms with Crippen LogP contribution in [-0.4, -0.2) is 23.9 Å². The Kier molecular flexibility index (Phi) is 5.54. The topological polar surface area (TPSA) is 41.6 Å². The molecule has 0 aliphatic carbocycles. The molecule has 2 N–H and O–H groups in total. The summed E-state index contributed by atoms with van der Waals surface area (Å²) in [7, 11) is 0. The summed E-state index contributed by atoms with van der Waals surface area (Å²) < 4.78 is 0. The summed E-state index contributed by atoms with van der Waals surface area (Å²) in [6.45, 7) is 5.67. The molecule has 96 valence electrons. The number of halogens is 1. The molecule has 0 aliphatic heterocycles. The van der Waals surface area contributed by atoms with E-state index >= 15 is 0 Å². The Morgan fingerprint density at radius 3 is 2.39 bits per heavy atom. The lowest BCUT2D eigenvalue weighted by atomic mass is 10.1. The van der Waals surface area contributed by atoms with Crippen LogP contribution in [0.5, 0.6) is 0 Å². The lowest BCUT2D eigenvalue weighted by Gasteiger charge is -2.20. The van der Waals surface area contributed by atoms with Gasteiger partial charge in [0, 0.05) is 18.1 Å². The quantitative estimate of drug-likeness (QED) is 0.516. The highest BCUT2D eigenvalue weighted by Gasteiger charge is 2.09. The zero-order valence-electron chi connectivity index (χ0n) is 10.7. The second kappa shape index (κ2) is 6.93. The van der Waals surface area contributed by atoms with Crippen LogP contribution in [0, 0.1) is 12.3 Å². The molecule has 0 aromatic heterocycles. The maximum atomic E-state index is 5.94. The van der Waals surface area contributed by atoms with Crippen LogP contribution >= 0.6 is 11.6 Å². The van der Waals surface area contributed by atoms with Gasteiger partial charge in [-0.1, -0.05) is 29.7 Å². The Morgan fingerprint density at radius 1 is 1.39 bits per heavy atom. The first-order chi connectivity index (χ1) is 8.62. The largest absolute Gasteiger partial charge is 0.370 e. The van der Waals surface area contributed by atoms with Gasteiger partial charge in [0.15, 0.2) is 5.96 Å². The monoisotopic (exact) mass is 263 g/mol. The third-order valence-corrected chi connectivity index (χ3v) is 2.94. The van der Waals surface area contributed by atoms with Crippen molar-refractivity contribution in [3.63, 3.8) is 0 Å². The SMILES string of the molecule is C#CC(N=C(N)N(CC)CC)c1ccc(Cl)cc1. The van der Waals surface area contributed by atoms with Gasteiger partial charge >= 0.3 is 0 Å². The summed E-state index contributed by atoms with van der Waals surface area (Å²) in [6.07, 6.45) is 5.51. The molecular weight excluding hydrogens is 246 g/mol. The maximum Gasteiger partial charge on any atom is 0.192 e. The summed E-state index contributed by atoms with van der Waals surface area (Å²) in [4.78, 5) is 6.34. The van der Waals surface area contributed by atoms with Crippen LogP contribution in [0.3, 0.4) is 0 Å². The Morgan fingerprint density at radius 2 is 1.94 bits per heavy atom. The number of nitrogens with zero attached hydrogens (tertiary/aromatic N) is 2. The second-order valence-electron chi connectivity index (χ2n) is 3.78. The van der Waals surface area contributed by atoms with Crippen molar-refractivity contribution >= 4 is 17.6 Å². The molecule has 1 atom stereocenters. The minimum absolute atomic E-state index is 0.372. The molecule has 0 spiro atoms. The summed E-state index contributed by atoms with van der Waals surface area (Å²) in [5.41, 5.74) is 6.85. The van der Waals surface area contributed by atoms with Crippen molar-refractivity contribution in [1.29, 1.82) is 0 Å². The highest BCUT2D eigenvalue weighted by Crippen LogP contribution is 2.19. The lowest BCUT2D eigenvalue weighted by Crippen LogP contribution is -2.37. The molecule has 1 aromatic carbocycles. The second-order valence-corrected chi connectivity index (χ2v) is 4.22. The highest BCUT2D eigenvalue weighted by molar-refractivity contribution is 6.30. The minimum atomic E-state index is -0.372. The van der Waals surface area contributed by atoms with E-state index in [9.17, 15) is 0 Å². The van der Waals surface area contributed by atoms with Gasteiger partial charge in [-0.05, 0) is 31.5 Å². The molecule has 1 rings (SSSR count). The van der Waals surface area contributed by atoms with Crippen molar-refractivity contribution in [2.45, 2.75) is 19.9 Å². The third-order valence-electron chi connectivity index (χ3n) is 2.69. The molecule has 0 saturated carbocycles. The Bertz CT molecular complexity index is 441. The molecule has 0 amide bonds. The van der Waals surface area contributed by atoms with Crippen molar-refractivity contribution in [3.8, 4) is 12.3 Å². The molecule has 0 saturated heterocycles. The number of guanidine groups is 1. The van der Waals surface area contributed by atoms with Gasteiger partial charge in [-0.15, -0.1) is 6.42 Å². The van der Waals surface area contributed by atoms with Crippen molar-refractivity contribution < 1.29 is 0 Å². The highest BCUT2D eigenvalue weighted by atomic mass is 35.5. The van der Waals surface area contributed by atoms with Crippen LogP contribution in [-0.2, 0) is 0 Å². The number of benzene rings is 1. The Balaban J connectivity index is 2.94. The normalized spacial score (nSPS) is 12.9. The van der Waals surface area contributed by atoms with E-state index in [2.05, 4.69) is 10.9 Å². The first-order valence-corrected chi connectivity index (χ1v) is 6.30. The van der Waals surface area contributed by atoms with Gasteiger partial charge in [-0.25, -0.2) is 4.99 Å². The van der Waals surface area contributed by atoms with Gasteiger partial charge < -0.3 is 10.6 Å². The average molecular weight is 264 g/mol. The number of hydrogen-bond acceptors (Lipinski definition) is 1. The van der Waals surface area contributed by atoms with E-state index < -0.39 is 0 Å². The molecule has 0 aliphatic rings. The van der Waals surface area contributed by atoms with Crippen molar-refractivity contribution in [1.82, 2.24) is 4.90 Å². The fourth-order valence-electron chi connectivity index (χ4n) is 1.61. The summed E-state index contributed by atoms with van der Waals surface area (Å²) in [5.74, 6) is 3.10. The zero-order valence-corrected chi connectivity index (χ0v) is 11.5. The van der Waals surface area contributed by atoms with E-state index in [0.29, 0.717) is 11.0 Å². The number of nitrogens with two attached hydrogens (primary N) is 1. The number of hydrogen-bond donors (Lipinski definition) is 1. The van der Waals surface area contributed by atoms with E-state index in [0.717, 1.165) is 18.7 Å². The van der Waals surface area contributed by atoms with Crippen molar-refractivity contribution in [2.24, 2.45) is 10.7 Å². The molecule has 18 heavy (non-hydrogen) atoms. The van der Waals surface area contributed by atoms with E-state index in [-0.39, 0.29) is 6.04 Å². The van der Waals surface area contributed by atoms with Gasteiger partial charge in [0.05, 0.1) is 0 Å². The summed E-state index contributed by atoms with van der Waals surface area (Å²) in [5, 5.41) is 0.676. The first kappa shape index (κ1) is 14.4. The summed E-state index contributed by atoms with van der Waals surface area (Å²) >= 11 is 5.84. The predicted molar refractivity (Wildman–Crippen MR) is 77.6 cm³/mol. The van der Waals surface area contributed by atoms with Gasteiger partial charge in [0.1, 0.15) is 6.04 Å². The van der Waals surface area contributed by atoms with Gasteiger partial charge in [-0.3, -0.25) is 0 Å². The molecule has 0 bridgehead atoms. The van der Waals surface area contributed by atoms with Crippen LogP contribution in [0.25, 0.3) is 0 Å². The van der Waals surface area contributed by atoms with Gasteiger partial charge in [-0.2, -0.15) is 0 Å². The van der Waals surface area contributed by atoms with Crippen LogP contribution in [0.4, 0.5) is 0 Å². The van der Waals surface area contributed by atoms with E-state index in [1.807, 2.05) is 30.9 Å². The standard InChI is InChI=1S/C14H18ClN3/c1-4-13(11-7-9-12(15)10-8-11)17-14(16)18(5-2)6-3/h1,7-10,13H,5-6H2,2-3H3,(H2,16,17). The fourth-order valence-corrected chi connectivity index (χ4v) is 1.74. The molecule has 4 heteroatoms. The predicted octanol–water partition coefficient (Wildman–Crippen LogP) is 2.67. The smallest absolute Gasteiger partial charge is 0.192 e. The fraction of sp³-hybridized carbons (Fsp3) is 0.357. The lowest BCUT2D eigenvalue weighted by molar-refractivity contribution is 0.457. The van der Waals surface area contributed by atoms with Crippen LogP contribution < -0.4 is 5.73 Å². The molecule has 1 unspecified atom stereocenters.